The highest BCUT2D eigenvalue weighted by Crippen LogP contribution is 2.12. The predicted octanol–water partition coefficient (Wildman–Crippen LogP) is 3.35. The van der Waals surface area contributed by atoms with Crippen LogP contribution in [0, 0.1) is 6.92 Å². The van der Waals surface area contributed by atoms with Crippen molar-refractivity contribution in [3.63, 3.8) is 0 Å². The third-order valence-corrected chi connectivity index (χ3v) is 3.12. The molecule has 0 saturated carbocycles. The summed E-state index contributed by atoms with van der Waals surface area (Å²) in [4.78, 5) is 19.7. The van der Waals surface area contributed by atoms with Crippen LogP contribution in [0.5, 0.6) is 5.75 Å². The van der Waals surface area contributed by atoms with Crippen molar-refractivity contribution in [3.8, 4) is 5.75 Å². The quantitative estimate of drug-likeness (QED) is 0.812. The predicted molar refractivity (Wildman–Crippen MR) is 84.3 cm³/mol. The standard InChI is InChI=1S/C15H16BrN3O2/c1-11-4-6-13(7-5-11)21-8-2-3-14(20)19-15-17-9-12(16)10-18-15/h4-7,9-10H,2-3,8H2,1H3,(H,17,18,19,20). The summed E-state index contributed by atoms with van der Waals surface area (Å²) in [6.07, 6.45) is 4.17. The molecule has 21 heavy (non-hydrogen) atoms. The van der Waals surface area contributed by atoms with Gasteiger partial charge in [-0.3, -0.25) is 10.1 Å². The van der Waals surface area contributed by atoms with E-state index in [-0.39, 0.29) is 5.91 Å². The zero-order chi connectivity index (χ0) is 15.1. The van der Waals surface area contributed by atoms with Gasteiger partial charge in [-0.15, -0.1) is 0 Å². The molecule has 1 aromatic heterocycles. The number of nitrogens with zero attached hydrogens (tertiary/aromatic N) is 2. The van der Waals surface area contributed by atoms with Gasteiger partial charge in [0.15, 0.2) is 0 Å². The van der Waals surface area contributed by atoms with Gasteiger partial charge in [-0.05, 0) is 41.4 Å². The van der Waals surface area contributed by atoms with E-state index in [9.17, 15) is 4.79 Å². The fraction of sp³-hybridized carbons (Fsp3) is 0.267. The summed E-state index contributed by atoms with van der Waals surface area (Å²) in [5, 5.41) is 2.64. The summed E-state index contributed by atoms with van der Waals surface area (Å²) >= 11 is 3.24. The number of aromatic nitrogens is 2. The Labute approximate surface area is 131 Å². The highest BCUT2D eigenvalue weighted by atomic mass is 79.9. The van der Waals surface area contributed by atoms with Crippen LogP contribution in [0.1, 0.15) is 18.4 Å². The van der Waals surface area contributed by atoms with Crippen molar-refractivity contribution in [1.29, 1.82) is 0 Å². The van der Waals surface area contributed by atoms with Gasteiger partial charge in [-0.25, -0.2) is 9.97 Å². The first-order valence-corrected chi connectivity index (χ1v) is 7.39. The summed E-state index contributed by atoms with van der Waals surface area (Å²) in [7, 11) is 0. The van der Waals surface area contributed by atoms with Crippen LogP contribution in [-0.2, 0) is 4.79 Å². The van der Waals surface area contributed by atoms with Gasteiger partial charge in [0.1, 0.15) is 5.75 Å². The lowest BCUT2D eigenvalue weighted by Gasteiger charge is -2.06. The third-order valence-electron chi connectivity index (χ3n) is 2.71. The second-order valence-corrected chi connectivity index (χ2v) is 5.45. The Hall–Kier alpha value is -1.95. The van der Waals surface area contributed by atoms with Crippen LogP contribution in [0.25, 0.3) is 0 Å². The summed E-state index contributed by atoms with van der Waals surface area (Å²) in [6.45, 7) is 2.52. The lowest BCUT2D eigenvalue weighted by molar-refractivity contribution is -0.116. The van der Waals surface area contributed by atoms with Gasteiger partial charge in [-0.1, -0.05) is 17.7 Å². The first kappa shape index (κ1) is 15.4. The van der Waals surface area contributed by atoms with Crippen molar-refractivity contribution in [3.05, 3.63) is 46.7 Å². The van der Waals surface area contributed by atoms with Crippen molar-refractivity contribution in [2.24, 2.45) is 0 Å². The molecule has 0 aliphatic heterocycles. The van der Waals surface area contributed by atoms with Gasteiger partial charge < -0.3 is 4.74 Å². The monoisotopic (exact) mass is 349 g/mol. The number of amides is 1. The maximum Gasteiger partial charge on any atom is 0.229 e. The van der Waals surface area contributed by atoms with Gasteiger partial charge in [0.2, 0.25) is 11.9 Å². The van der Waals surface area contributed by atoms with Gasteiger partial charge >= 0.3 is 0 Å². The molecule has 1 N–H and O–H groups in total. The summed E-state index contributed by atoms with van der Waals surface area (Å²) in [5.74, 6) is 1.00. The van der Waals surface area contributed by atoms with E-state index < -0.39 is 0 Å². The minimum Gasteiger partial charge on any atom is -0.494 e. The van der Waals surface area contributed by atoms with E-state index in [1.165, 1.54) is 5.56 Å². The number of halogens is 1. The first-order chi connectivity index (χ1) is 10.1. The van der Waals surface area contributed by atoms with Crippen LogP contribution in [0.15, 0.2) is 41.1 Å². The maximum atomic E-state index is 11.7. The highest BCUT2D eigenvalue weighted by Gasteiger charge is 2.04. The van der Waals surface area contributed by atoms with E-state index in [0.29, 0.717) is 25.4 Å². The summed E-state index contributed by atoms with van der Waals surface area (Å²) in [6, 6.07) is 7.83. The number of aryl methyl sites for hydroxylation is 1. The molecule has 110 valence electrons. The number of nitrogens with one attached hydrogen (secondary N) is 1. The Morgan fingerprint density at radius 3 is 2.57 bits per heavy atom. The molecule has 1 heterocycles. The Morgan fingerprint density at radius 1 is 1.24 bits per heavy atom. The molecule has 0 unspecified atom stereocenters. The maximum absolute atomic E-state index is 11.7. The number of ether oxygens (including phenoxy) is 1. The number of rotatable bonds is 6. The second kappa shape index (κ2) is 7.73. The summed E-state index contributed by atoms with van der Waals surface area (Å²) in [5.41, 5.74) is 1.19. The number of carbonyl (C=O) groups excluding carboxylic acids is 1. The van der Waals surface area contributed by atoms with Crippen LogP contribution in [-0.4, -0.2) is 22.5 Å². The molecule has 1 amide bonds. The Morgan fingerprint density at radius 2 is 1.90 bits per heavy atom. The van der Waals surface area contributed by atoms with Crippen molar-refractivity contribution in [1.82, 2.24) is 9.97 Å². The number of benzene rings is 1. The van der Waals surface area contributed by atoms with Crippen LogP contribution in [0.3, 0.4) is 0 Å². The normalized spacial score (nSPS) is 10.2. The zero-order valence-electron chi connectivity index (χ0n) is 11.7. The van der Waals surface area contributed by atoms with E-state index in [1.807, 2.05) is 31.2 Å². The first-order valence-electron chi connectivity index (χ1n) is 6.60. The number of hydrogen-bond acceptors (Lipinski definition) is 4. The molecule has 0 aliphatic rings. The topological polar surface area (TPSA) is 64.1 Å². The number of hydrogen-bond donors (Lipinski definition) is 1. The molecule has 0 spiro atoms. The Bertz CT molecular complexity index is 585. The molecule has 0 atom stereocenters. The lowest BCUT2D eigenvalue weighted by atomic mass is 10.2. The third kappa shape index (κ3) is 5.51. The molecule has 2 aromatic rings. The lowest BCUT2D eigenvalue weighted by Crippen LogP contribution is -2.14. The van der Waals surface area contributed by atoms with E-state index >= 15 is 0 Å². The van der Waals surface area contributed by atoms with E-state index in [0.717, 1.165) is 10.2 Å². The van der Waals surface area contributed by atoms with Crippen LogP contribution < -0.4 is 10.1 Å². The molecular weight excluding hydrogens is 334 g/mol. The van der Waals surface area contributed by atoms with E-state index in [4.69, 9.17) is 4.74 Å². The fourth-order valence-corrected chi connectivity index (χ4v) is 1.83. The molecule has 0 aliphatic carbocycles. The van der Waals surface area contributed by atoms with Crippen molar-refractivity contribution in [2.75, 3.05) is 11.9 Å². The molecule has 2 rings (SSSR count). The van der Waals surface area contributed by atoms with Crippen molar-refractivity contribution in [2.45, 2.75) is 19.8 Å². The Balaban J connectivity index is 1.67. The second-order valence-electron chi connectivity index (χ2n) is 4.54. The largest absolute Gasteiger partial charge is 0.494 e. The molecular formula is C15H16BrN3O2. The average Bonchev–Trinajstić information content (AvgIpc) is 2.48. The molecule has 0 radical (unpaired) electrons. The highest BCUT2D eigenvalue weighted by molar-refractivity contribution is 9.10. The van der Waals surface area contributed by atoms with Crippen molar-refractivity contribution >= 4 is 27.8 Å². The van der Waals surface area contributed by atoms with Crippen LogP contribution >= 0.6 is 15.9 Å². The molecule has 0 saturated heterocycles. The van der Waals surface area contributed by atoms with E-state index in [2.05, 4.69) is 31.2 Å². The van der Waals surface area contributed by atoms with Crippen molar-refractivity contribution < 1.29 is 9.53 Å². The smallest absolute Gasteiger partial charge is 0.229 e. The SMILES string of the molecule is Cc1ccc(OCCCC(=O)Nc2ncc(Br)cn2)cc1. The number of carbonyl (C=O) groups is 1. The molecule has 6 heteroatoms. The Kier molecular flexibility index (Phi) is 5.68. The van der Waals surface area contributed by atoms with Crippen LogP contribution in [0.2, 0.25) is 0 Å². The van der Waals surface area contributed by atoms with E-state index in [1.54, 1.807) is 12.4 Å². The zero-order valence-corrected chi connectivity index (χ0v) is 13.3. The fourth-order valence-electron chi connectivity index (χ4n) is 1.62. The molecule has 0 fully saturated rings. The van der Waals surface area contributed by atoms with Gasteiger partial charge in [0.05, 0.1) is 11.1 Å². The minimum atomic E-state index is -0.121. The van der Waals surface area contributed by atoms with Gasteiger partial charge in [0, 0.05) is 18.8 Å². The van der Waals surface area contributed by atoms with Gasteiger partial charge in [0.25, 0.3) is 0 Å². The molecule has 1 aromatic carbocycles. The number of anilines is 1. The molecule has 0 bridgehead atoms. The van der Waals surface area contributed by atoms with Crippen LogP contribution in [0.4, 0.5) is 5.95 Å². The average molecular weight is 350 g/mol. The minimum absolute atomic E-state index is 0.121. The molecule has 5 nitrogen and oxygen atoms in total. The van der Waals surface area contributed by atoms with Gasteiger partial charge in [-0.2, -0.15) is 0 Å². The summed E-state index contributed by atoms with van der Waals surface area (Å²) < 4.78 is 6.33.